The van der Waals surface area contributed by atoms with Gasteiger partial charge in [-0.2, -0.15) is 0 Å². The molecule has 3 rings (SSSR count). The molecule has 1 saturated heterocycles. The van der Waals surface area contributed by atoms with Gasteiger partial charge in [0, 0.05) is 12.6 Å². The van der Waals surface area contributed by atoms with Crippen molar-refractivity contribution in [1.29, 1.82) is 0 Å². The van der Waals surface area contributed by atoms with Gasteiger partial charge in [-0.25, -0.2) is 8.42 Å². The Morgan fingerprint density at radius 1 is 1.17 bits per heavy atom. The highest BCUT2D eigenvalue weighted by molar-refractivity contribution is 7.93. The summed E-state index contributed by atoms with van der Waals surface area (Å²) in [4.78, 5) is 12.9. The maximum Gasteiger partial charge on any atom is 0.261 e. The number of carbonyl (C=O) groups excluding carboxylic acids is 1. The van der Waals surface area contributed by atoms with E-state index in [0.717, 1.165) is 37.3 Å². The highest BCUT2D eigenvalue weighted by atomic mass is 32.2. The number of nitrogens with one attached hydrogen (secondary N) is 2. The van der Waals surface area contributed by atoms with E-state index in [0.29, 0.717) is 4.88 Å². The van der Waals surface area contributed by atoms with E-state index in [1.165, 1.54) is 6.07 Å². The molecule has 1 fully saturated rings. The average molecular weight is 350 g/mol. The molecule has 122 valence electrons. The van der Waals surface area contributed by atoms with Crippen molar-refractivity contribution in [3.63, 3.8) is 0 Å². The van der Waals surface area contributed by atoms with Gasteiger partial charge in [-0.1, -0.05) is 18.2 Å². The zero-order valence-electron chi connectivity index (χ0n) is 12.5. The summed E-state index contributed by atoms with van der Waals surface area (Å²) >= 11 is 1.01. The quantitative estimate of drug-likeness (QED) is 0.885. The lowest BCUT2D eigenvalue weighted by Crippen LogP contribution is -2.45. The minimum Gasteiger partial charge on any atom is -0.347 e. The molecule has 1 aliphatic rings. The Morgan fingerprint density at radius 2 is 1.96 bits per heavy atom. The summed E-state index contributed by atoms with van der Waals surface area (Å²) in [6.45, 7) is 1.73. The van der Waals surface area contributed by atoms with Crippen molar-refractivity contribution in [3.05, 3.63) is 47.3 Å². The molecule has 0 unspecified atom stereocenters. The molecule has 7 heteroatoms. The summed E-state index contributed by atoms with van der Waals surface area (Å²) in [6.07, 6.45) is 1.97. The molecular weight excluding hydrogens is 332 g/mol. The van der Waals surface area contributed by atoms with Crippen molar-refractivity contribution in [1.82, 2.24) is 10.6 Å². The number of thiophene rings is 1. The summed E-state index contributed by atoms with van der Waals surface area (Å²) in [5, 5.41) is 6.19. The fourth-order valence-corrected chi connectivity index (χ4v) is 5.17. The van der Waals surface area contributed by atoms with Gasteiger partial charge in [0.25, 0.3) is 5.91 Å². The zero-order chi connectivity index (χ0) is 16.3. The van der Waals surface area contributed by atoms with Crippen molar-refractivity contribution in [2.45, 2.75) is 28.0 Å². The third-order valence-electron chi connectivity index (χ3n) is 3.76. The van der Waals surface area contributed by atoms with Crippen LogP contribution in [0.4, 0.5) is 0 Å². The first-order valence-corrected chi connectivity index (χ1v) is 9.79. The Bertz CT molecular complexity index is 779. The number of amides is 1. The van der Waals surface area contributed by atoms with Crippen LogP contribution in [0, 0.1) is 0 Å². The summed E-state index contributed by atoms with van der Waals surface area (Å²) in [5.74, 6) is -0.210. The Balaban J connectivity index is 1.76. The molecule has 2 aromatic rings. The summed E-state index contributed by atoms with van der Waals surface area (Å²) in [7, 11) is -3.56. The lowest BCUT2D eigenvalue weighted by molar-refractivity contribution is 0.0935. The van der Waals surface area contributed by atoms with Crippen LogP contribution in [0.25, 0.3) is 0 Å². The number of benzene rings is 1. The Labute approximate surface area is 139 Å². The fraction of sp³-hybridized carbons (Fsp3) is 0.312. The predicted octanol–water partition coefficient (Wildman–Crippen LogP) is 2.06. The minimum atomic E-state index is -3.56. The van der Waals surface area contributed by atoms with Crippen molar-refractivity contribution in [2.24, 2.45) is 0 Å². The van der Waals surface area contributed by atoms with Gasteiger partial charge in [0.2, 0.25) is 9.84 Å². The number of hydrogen-bond donors (Lipinski definition) is 2. The first-order valence-electron chi connectivity index (χ1n) is 7.49. The number of rotatable bonds is 4. The molecule has 0 aliphatic carbocycles. The Kier molecular flexibility index (Phi) is 4.79. The van der Waals surface area contributed by atoms with Crippen LogP contribution in [0.1, 0.15) is 22.5 Å². The van der Waals surface area contributed by atoms with Gasteiger partial charge in [0.1, 0.15) is 4.21 Å². The van der Waals surface area contributed by atoms with E-state index in [-0.39, 0.29) is 21.1 Å². The average Bonchev–Trinajstić information content (AvgIpc) is 3.07. The third-order valence-corrected chi connectivity index (χ3v) is 7.10. The largest absolute Gasteiger partial charge is 0.347 e. The molecule has 0 saturated carbocycles. The van der Waals surface area contributed by atoms with Gasteiger partial charge in [0.15, 0.2) is 0 Å². The van der Waals surface area contributed by atoms with Gasteiger partial charge >= 0.3 is 0 Å². The molecule has 2 heterocycles. The lowest BCUT2D eigenvalue weighted by atomic mass is 10.1. The summed E-state index contributed by atoms with van der Waals surface area (Å²) in [5.41, 5.74) is 0. The Morgan fingerprint density at radius 3 is 2.65 bits per heavy atom. The maximum absolute atomic E-state index is 12.5. The number of piperidine rings is 1. The van der Waals surface area contributed by atoms with Gasteiger partial charge in [-0.3, -0.25) is 4.79 Å². The molecule has 1 atom stereocenters. The van der Waals surface area contributed by atoms with Crippen LogP contribution in [0.15, 0.2) is 51.6 Å². The molecule has 2 N–H and O–H groups in total. The molecule has 0 spiro atoms. The van der Waals surface area contributed by atoms with Crippen LogP contribution in [0.3, 0.4) is 0 Å². The molecule has 0 radical (unpaired) electrons. The molecule has 1 aliphatic heterocycles. The third kappa shape index (κ3) is 3.63. The van der Waals surface area contributed by atoms with Crippen LogP contribution in [0.2, 0.25) is 0 Å². The maximum atomic E-state index is 12.5. The SMILES string of the molecule is O=C(N[C@H]1CCCNC1)c1ccc(S(=O)(=O)c2ccccc2)s1. The summed E-state index contributed by atoms with van der Waals surface area (Å²) in [6, 6.07) is 11.4. The van der Waals surface area contributed by atoms with Gasteiger partial charge in [-0.05, 0) is 43.7 Å². The standard InChI is InChI=1S/C16H18N2O3S2/c19-16(18-12-5-4-10-17-11-12)14-8-9-15(22-14)23(20,21)13-6-2-1-3-7-13/h1-3,6-9,12,17H,4-5,10-11H2,(H,18,19)/t12-/m0/s1. The molecule has 23 heavy (non-hydrogen) atoms. The van der Waals surface area contributed by atoms with Crippen LogP contribution >= 0.6 is 11.3 Å². The highest BCUT2D eigenvalue weighted by Gasteiger charge is 2.22. The van der Waals surface area contributed by atoms with Crippen molar-refractivity contribution in [2.75, 3.05) is 13.1 Å². The molecule has 5 nitrogen and oxygen atoms in total. The molecule has 1 aromatic carbocycles. The highest BCUT2D eigenvalue weighted by Crippen LogP contribution is 2.27. The second-order valence-electron chi connectivity index (χ2n) is 5.45. The van der Waals surface area contributed by atoms with E-state index in [2.05, 4.69) is 10.6 Å². The van der Waals surface area contributed by atoms with Gasteiger partial charge < -0.3 is 10.6 Å². The van der Waals surface area contributed by atoms with E-state index < -0.39 is 9.84 Å². The second-order valence-corrected chi connectivity index (χ2v) is 8.71. The molecular formula is C16H18N2O3S2. The van der Waals surface area contributed by atoms with E-state index >= 15 is 0 Å². The summed E-state index contributed by atoms with van der Waals surface area (Å²) < 4.78 is 25.2. The van der Waals surface area contributed by atoms with E-state index in [1.807, 2.05) is 0 Å². The van der Waals surface area contributed by atoms with E-state index in [4.69, 9.17) is 0 Å². The molecule has 1 aromatic heterocycles. The van der Waals surface area contributed by atoms with Crippen LogP contribution in [-0.4, -0.2) is 33.5 Å². The van der Waals surface area contributed by atoms with Crippen molar-refractivity contribution in [3.8, 4) is 0 Å². The van der Waals surface area contributed by atoms with Crippen LogP contribution < -0.4 is 10.6 Å². The topological polar surface area (TPSA) is 75.3 Å². The minimum absolute atomic E-state index is 0.104. The van der Waals surface area contributed by atoms with Gasteiger partial charge in [-0.15, -0.1) is 11.3 Å². The molecule has 0 bridgehead atoms. The van der Waals surface area contributed by atoms with Crippen molar-refractivity contribution >= 4 is 27.1 Å². The fourth-order valence-electron chi connectivity index (χ4n) is 2.53. The predicted molar refractivity (Wildman–Crippen MR) is 89.6 cm³/mol. The Hall–Kier alpha value is -1.70. The first-order chi connectivity index (χ1) is 11.1. The number of sulfone groups is 1. The smallest absolute Gasteiger partial charge is 0.261 e. The van der Waals surface area contributed by atoms with E-state index in [1.54, 1.807) is 36.4 Å². The monoisotopic (exact) mass is 350 g/mol. The van der Waals surface area contributed by atoms with Crippen LogP contribution in [0.5, 0.6) is 0 Å². The first kappa shape index (κ1) is 16.2. The molecule has 1 amide bonds. The number of hydrogen-bond acceptors (Lipinski definition) is 5. The van der Waals surface area contributed by atoms with Crippen LogP contribution in [-0.2, 0) is 9.84 Å². The normalized spacial score (nSPS) is 18.5. The lowest BCUT2D eigenvalue weighted by Gasteiger charge is -2.23. The van der Waals surface area contributed by atoms with Crippen molar-refractivity contribution < 1.29 is 13.2 Å². The number of carbonyl (C=O) groups is 1. The van der Waals surface area contributed by atoms with E-state index in [9.17, 15) is 13.2 Å². The zero-order valence-corrected chi connectivity index (χ0v) is 14.1. The van der Waals surface area contributed by atoms with Gasteiger partial charge in [0.05, 0.1) is 9.77 Å². The second kappa shape index (κ2) is 6.82.